The lowest BCUT2D eigenvalue weighted by atomic mass is 10.2. The minimum Gasteiger partial charge on any atom is -0.490 e. The molecule has 182 valence electrons. The molecular weight excluding hydrogens is 442 g/mol. The molecule has 0 radical (unpaired) electrons. The third kappa shape index (κ3) is 7.80. The van der Waals surface area contributed by atoms with E-state index in [4.69, 9.17) is 14.2 Å². The molecule has 2 aromatic rings. The van der Waals surface area contributed by atoms with Crippen LogP contribution in [-0.2, 0) is 14.3 Å². The number of carbonyl (C=O) groups is 4. The number of ether oxygens (including phenoxy) is 3. The van der Waals surface area contributed by atoms with Crippen molar-refractivity contribution in [3.63, 3.8) is 0 Å². The highest BCUT2D eigenvalue weighted by Gasteiger charge is 2.14. The van der Waals surface area contributed by atoms with E-state index in [9.17, 15) is 19.2 Å². The van der Waals surface area contributed by atoms with Crippen LogP contribution in [0.3, 0.4) is 0 Å². The van der Waals surface area contributed by atoms with Gasteiger partial charge >= 0.3 is 5.97 Å². The zero-order valence-electron chi connectivity index (χ0n) is 19.7. The van der Waals surface area contributed by atoms with Crippen molar-refractivity contribution in [1.82, 2.24) is 10.2 Å². The Labute approximate surface area is 198 Å². The number of esters is 1. The quantitative estimate of drug-likeness (QED) is 0.481. The van der Waals surface area contributed by atoms with Crippen molar-refractivity contribution in [2.75, 3.05) is 45.8 Å². The van der Waals surface area contributed by atoms with Gasteiger partial charge in [-0.05, 0) is 56.3 Å². The molecule has 0 atom stereocenters. The van der Waals surface area contributed by atoms with Crippen LogP contribution in [0.25, 0.3) is 0 Å². The third-order valence-electron chi connectivity index (χ3n) is 4.38. The van der Waals surface area contributed by atoms with E-state index in [-0.39, 0.29) is 11.5 Å². The van der Waals surface area contributed by atoms with Gasteiger partial charge in [-0.25, -0.2) is 0 Å². The lowest BCUT2D eigenvalue weighted by molar-refractivity contribution is -0.146. The van der Waals surface area contributed by atoms with Crippen LogP contribution in [0.4, 0.5) is 5.69 Å². The standard InChI is InChI=1S/C24H29N3O7/c1-5-32-19-12-9-17(13-20(19)33-6-2)23(30)25-14-22(29)34-15-21(28)26-18-10-7-16(8-11-18)24(31)27(3)4/h7-13H,5-6,14-15H2,1-4H3,(H,25,30)(H,26,28). The van der Waals surface area contributed by atoms with Crippen LogP contribution in [0.2, 0.25) is 0 Å². The average Bonchev–Trinajstić information content (AvgIpc) is 2.82. The monoisotopic (exact) mass is 471 g/mol. The molecule has 2 aromatic carbocycles. The van der Waals surface area contributed by atoms with Gasteiger partial charge in [-0.3, -0.25) is 19.2 Å². The molecule has 0 aliphatic carbocycles. The topological polar surface area (TPSA) is 123 Å². The van der Waals surface area contributed by atoms with Crippen molar-refractivity contribution in [2.24, 2.45) is 0 Å². The Balaban J connectivity index is 1.80. The van der Waals surface area contributed by atoms with E-state index in [2.05, 4.69) is 10.6 Å². The van der Waals surface area contributed by atoms with Crippen molar-refractivity contribution in [2.45, 2.75) is 13.8 Å². The first-order valence-corrected chi connectivity index (χ1v) is 10.7. The summed E-state index contributed by atoms with van der Waals surface area (Å²) < 4.78 is 15.8. The van der Waals surface area contributed by atoms with E-state index in [1.807, 2.05) is 13.8 Å². The number of carbonyl (C=O) groups excluding carboxylic acids is 4. The molecule has 34 heavy (non-hydrogen) atoms. The molecule has 10 heteroatoms. The van der Waals surface area contributed by atoms with E-state index in [0.29, 0.717) is 36.0 Å². The maximum atomic E-state index is 12.4. The van der Waals surface area contributed by atoms with Crippen LogP contribution in [0.15, 0.2) is 42.5 Å². The zero-order chi connectivity index (χ0) is 25.1. The minimum absolute atomic E-state index is 0.159. The molecule has 0 aliphatic rings. The smallest absolute Gasteiger partial charge is 0.325 e. The van der Waals surface area contributed by atoms with Gasteiger partial charge in [0, 0.05) is 30.9 Å². The van der Waals surface area contributed by atoms with Gasteiger partial charge in [-0.15, -0.1) is 0 Å². The summed E-state index contributed by atoms with van der Waals surface area (Å²) in [7, 11) is 3.29. The predicted molar refractivity (Wildman–Crippen MR) is 125 cm³/mol. The summed E-state index contributed by atoms with van der Waals surface area (Å²) in [6.07, 6.45) is 0. The lowest BCUT2D eigenvalue weighted by Crippen LogP contribution is -2.32. The first-order chi connectivity index (χ1) is 16.2. The van der Waals surface area contributed by atoms with Crippen molar-refractivity contribution in [1.29, 1.82) is 0 Å². The van der Waals surface area contributed by atoms with Gasteiger partial charge in [-0.2, -0.15) is 0 Å². The number of benzene rings is 2. The Morgan fingerprint density at radius 1 is 0.853 bits per heavy atom. The predicted octanol–water partition coefficient (Wildman–Crippen LogP) is 2.10. The van der Waals surface area contributed by atoms with Gasteiger partial charge in [-0.1, -0.05) is 0 Å². The second kappa shape index (κ2) is 12.8. The van der Waals surface area contributed by atoms with Gasteiger partial charge in [0.1, 0.15) is 6.54 Å². The molecule has 3 amide bonds. The Bertz CT molecular complexity index is 1020. The first-order valence-electron chi connectivity index (χ1n) is 10.7. The van der Waals surface area contributed by atoms with E-state index in [0.717, 1.165) is 0 Å². The summed E-state index contributed by atoms with van der Waals surface area (Å²) in [4.78, 5) is 49.6. The summed E-state index contributed by atoms with van der Waals surface area (Å²) in [5, 5.41) is 5.00. The third-order valence-corrected chi connectivity index (χ3v) is 4.38. The number of rotatable bonds is 11. The molecule has 0 heterocycles. The molecule has 0 unspecified atom stereocenters. The molecule has 0 spiro atoms. The van der Waals surface area contributed by atoms with Crippen LogP contribution in [0.1, 0.15) is 34.6 Å². The largest absolute Gasteiger partial charge is 0.490 e. The molecule has 0 aromatic heterocycles. The van der Waals surface area contributed by atoms with E-state index in [1.165, 1.54) is 11.0 Å². The van der Waals surface area contributed by atoms with Crippen LogP contribution in [-0.4, -0.2) is 69.1 Å². The van der Waals surface area contributed by atoms with Crippen molar-refractivity contribution in [3.05, 3.63) is 53.6 Å². The van der Waals surface area contributed by atoms with Gasteiger partial charge in [0.05, 0.1) is 13.2 Å². The SMILES string of the molecule is CCOc1ccc(C(=O)NCC(=O)OCC(=O)Nc2ccc(C(=O)N(C)C)cc2)cc1OCC. The highest BCUT2D eigenvalue weighted by atomic mass is 16.5. The Kier molecular flexibility index (Phi) is 9.88. The summed E-state index contributed by atoms with van der Waals surface area (Å²) in [6, 6.07) is 11.0. The molecule has 0 aliphatic heterocycles. The average molecular weight is 472 g/mol. The van der Waals surface area contributed by atoms with Gasteiger partial charge in [0.2, 0.25) is 0 Å². The minimum atomic E-state index is -0.772. The molecule has 2 N–H and O–H groups in total. The molecule has 0 saturated heterocycles. The van der Waals surface area contributed by atoms with Crippen molar-refractivity contribution >= 4 is 29.4 Å². The summed E-state index contributed by atoms with van der Waals surface area (Å²) >= 11 is 0. The summed E-state index contributed by atoms with van der Waals surface area (Å²) in [5.41, 5.74) is 1.21. The fourth-order valence-electron chi connectivity index (χ4n) is 2.80. The second-order valence-electron chi connectivity index (χ2n) is 7.20. The highest BCUT2D eigenvalue weighted by molar-refractivity contribution is 5.97. The van der Waals surface area contributed by atoms with Crippen molar-refractivity contribution < 1.29 is 33.4 Å². The van der Waals surface area contributed by atoms with E-state index < -0.39 is 30.9 Å². The Morgan fingerprint density at radius 2 is 1.47 bits per heavy atom. The first kappa shape index (κ1) is 26.2. The van der Waals surface area contributed by atoms with Crippen LogP contribution in [0, 0.1) is 0 Å². The molecule has 0 bridgehead atoms. The molecule has 2 rings (SSSR count). The van der Waals surface area contributed by atoms with Gasteiger partial charge in [0.25, 0.3) is 17.7 Å². The number of nitrogens with zero attached hydrogens (tertiary/aromatic N) is 1. The van der Waals surface area contributed by atoms with Gasteiger partial charge in [0.15, 0.2) is 18.1 Å². The summed E-state index contributed by atoms with van der Waals surface area (Å²) in [5.74, 6) is -1.04. The number of amides is 3. The second-order valence-corrected chi connectivity index (χ2v) is 7.20. The van der Waals surface area contributed by atoms with Crippen molar-refractivity contribution in [3.8, 4) is 11.5 Å². The maximum Gasteiger partial charge on any atom is 0.325 e. The molecular formula is C24H29N3O7. The van der Waals surface area contributed by atoms with Crippen LogP contribution >= 0.6 is 0 Å². The lowest BCUT2D eigenvalue weighted by Gasteiger charge is -2.12. The summed E-state index contributed by atoms with van der Waals surface area (Å²) in [6.45, 7) is 3.57. The Hall–Kier alpha value is -4.08. The molecule has 0 saturated carbocycles. The van der Waals surface area contributed by atoms with Crippen LogP contribution in [0.5, 0.6) is 11.5 Å². The fourth-order valence-corrected chi connectivity index (χ4v) is 2.80. The van der Waals surface area contributed by atoms with E-state index in [1.54, 1.807) is 50.5 Å². The molecule has 0 fully saturated rings. The Morgan fingerprint density at radius 3 is 2.09 bits per heavy atom. The normalized spacial score (nSPS) is 10.1. The van der Waals surface area contributed by atoms with Crippen LogP contribution < -0.4 is 20.1 Å². The number of anilines is 1. The number of hydrogen-bond donors (Lipinski definition) is 2. The number of nitrogens with one attached hydrogen (secondary N) is 2. The fraction of sp³-hybridized carbons (Fsp3) is 0.333. The number of hydrogen-bond acceptors (Lipinski definition) is 7. The highest BCUT2D eigenvalue weighted by Crippen LogP contribution is 2.28. The maximum absolute atomic E-state index is 12.4. The van der Waals surface area contributed by atoms with E-state index >= 15 is 0 Å². The van der Waals surface area contributed by atoms with Gasteiger partial charge < -0.3 is 29.7 Å². The molecule has 10 nitrogen and oxygen atoms in total. The zero-order valence-corrected chi connectivity index (χ0v) is 19.7.